The van der Waals surface area contributed by atoms with Crippen LogP contribution in [0.2, 0.25) is 0 Å². The number of piperazine rings is 1. The Hall–Kier alpha value is -2.94. The van der Waals surface area contributed by atoms with Crippen molar-refractivity contribution in [3.8, 4) is 0 Å². The van der Waals surface area contributed by atoms with Crippen molar-refractivity contribution in [2.45, 2.75) is 19.6 Å². The minimum absolute atomic E-state index is 0.00486. The Morgan fingerprint density at radius 1 is 1.03 bits per heavy atom. The molecule has 0 N–H and O–H groups in total. The molecule has 0 aromatic heterocycles. The van der Waals surface area contributed by atoms with E-state index in [1.165, 1.54) is 25.1 Å². The Bertz CT molecular complexity index is 985. The first-order valence-corrected chi connectivity index (χ1v) is 10.2. The summed E-state index contributed by atoms with van der Waals surface area (Å²) in [6, 6.07) is 9.68. The van der Waals surface area contributed by atoms with E-state index in [0.717, 1.165) is 6.07 Å². The van der Waals surface area contributed by atoms with E-state index in [1.807, 2.05) is 4.90 Å². The second-order valence-corrected chi connectivity index (χ2v) is 7.92. The van der Waals surface area contributed by atoms with E-state index in [1.54, 1.807) is 35.0 Å². The van der Waals surface area contributed by atoms with Crippen LogP contribution in [0, 0.1) is 5.82 Å². The highest BCUT2D eigenvalue weighted by molar-refractivity contribution is 5.94. The highest BCUT2D eigenvalue weighted by Crippen LogP contribution is 2.32. The lowest BCUT2D eigenvalue weighted by molar-refractivity contribution is -0.138. The molecule has 0 spiro atoms. The van der Waals surface area contributed by atoms with Gasteiger partial charge in [-0.05, 0) is 43.8 Å². The number of nitrogens with zero attached hydrogens (tertiary/aromatic N) is 3. The molecule has 2 aromatic rings. The van der Waals surface area contributed by atoms with Crippen molar-refractivity contribution in [1.82, 2.24) is 9.80 Å². The maximum absolute atomic E-state index is 14.4. The molecule has 0 radical (unpaired) electrons. The van der Waals surface area contributed by atoms with Crippen molar-refractivity contribution < 1.29 is 27.2 Å². The van der Waals surface area contributed by atoms with Gasteiger partial charge < -0.3 is 9.80 Å². The SMILES string of the molecule is CC(=O)c1ccc(N2CCN(C(=O)CN(C)Cc3ccccc3C(F)(F)F)CC2)c(F)c1. The summed E-state index contributed by atoms with van der Waals surface area (Å²) in [5.74, 6) is -0.891. The van der Waals surface area contributed by atoms with E-state index >= 15 is 0 Å². The molecule has 0 saturated carbocycles. The average Bonchev–Trinajstić information content (AvgIpc) is 2.73. The van der Waals surface area contributed by atoms with Crippen LogP contribution < -0.4 is 4.90 Å². The standard InChI is InChI=1S/C23H25F4N3O2/c1-16(31)17-7-8-21(20(24)13-17)29-9-11-30(12-10-29)22(32)15-28(2)14-18-5-3-4-6-19(18)23(25,26)27/h3-8,13H,9-12,14-15H2,1-2H3. The number of halogens is 4. The number of alkyl halides is 3. The summed E-state index contributed by atoms with van der Waals surface area (Å²) in [6.07, 6.45) is -4.45. The van der Waals surface area contributed by atoms with Crippen molar-refractivity contribution >= 4 is 17.4 Å². The fourth-order valence-corrected chi connectivity index (χ4v) is 3.79. The Kier molecular flexibility index (Phi) is 7.18. The summed E-state index contributed by atoms with van der Waals surface area (Å²) in [5.41, 5.74) is 0.0912. The topological polar surface area (TPSA) is 43.9 Å². The molecule has 1 aliphatic heterocycles. The predicted molar refractivity (Wildman–Crippen MR) is 113 cm³/mol. The number of carbonyl (C=O) groups is 2. The average molecular weight is 451 g/mol. The third-order valence-electron chi connectivity index (χ3n) is 5.50. The number of likely N-dealkylation sites (N-methyl/N-ethyl adjacent to an activating group) is 1. The molecule has 0 bridgehead atoms. The van der Waals surface area contributed by atoms with Gasteiger partial charge in [-0.3, -0.25) is 14.5 Å². The van der Waals surface area contributed by atoms with Crippen molar-refractivity contribution in [1.29, 1.82) is 0 Å². The zero-order valence-corrected chi connectivity index (χ0v) is 18.0. The fraction of sp³-hybridized carbons (Fsp3) is 0.391. The van der Waals surface area contributed by atoms with E-state index in [0.29, 0.717) is 37.4 Å². The minimum Gasteiger partial charge on any atom is -0.366 e. The van der Waals surface area contributed by atoms with Gasteiger partial charge in [0.15, 0.2) is 5.78 Å². The van der Waals surface area contributed by atoms with E-state index < -0.39 is 17.6 Å². The molecule has 172 valence electrons. The van der Waals surface area contributed by atoms with Crippen molar-refractivity contribution in [3.63, 3.8) is 0 Å². The van der Waals surface area contributed by atoms with Crippen LogP contribution in [-0.4, -0.2) is 61.3 Å². The summed E-state index contributed by atoms with van der Waals surface area (Å²) < 4.78 is 53.9. The Labute approximate surface area is 184 Å². The van der Waals surface area contributed by atoms with Crippen molar-refractivity contribution in [3.05, 3.63) is 65.0 Å². The van der Waals surface area contributed by atoms with E-state index in [9.17, 15) is 27.2 Å². The van der Waals surface area contributed by atoms with Gasteiger partial charge in [-0.25, -0.2) is 4.39 Å². The van der Waals surface area contributed by atoms with Crippen LogP contribution in [0.5, 0.6) is 0 Å². The molecule has 1 amide bonds. The highest BCUT2D eigenvalue weighted by atomic mass is 19.4. The summed E-state index contributed by atoms with van der Waals surface area (Å²) in [6.45, 7) is 2.94. The number of Topliss-reactive ketones (excluding diaryl/α,β-unsaturated/α-hetero) is 1. The van der Waals surface area contributed by atoms with Gasteiger partial charge in [0.2, 0.25) is 5.91 Å². The second kappa shape index (κ2) is 9.68. The molecule has 1 saturated heterocycles. The first kappa shape index (κ1) is 23.7. The Morgan fingerprint density at radius 2 is 1.69 bits per heavy atom. The Morgan fingerprint density at radius 3 is 2.28 bits per heavy atom. The van der Waals surface area contributed by atoms with E-state index in [4.69, 9.17) is 0 Å². The molecule has 9 heteroatoms. The first-order valence-electron chi connectivity index (χ1n) is 10.2. The molecule has 1 heterocycles. The molecule has 5 nitrogen and oxygen atoms in total. The van der Waals surface area contributed by atoms with Crippen LogP contribution >= 0.6 is 0 Å². The number of hydrogen-bond donors (Lipinski definition) is 0. The predicted octanol–water partition coefficient (Wildman–Crippen LogP) is 3.83. The van der Waals surface area contributed by atoms with E-state index in [-0.39, 0.29) is 30.3 Å². The van der Waals surface area contributed by atoms with Crippen LogP contribution in [-0.2, 0) is 17.5 Å². The van der Waals surface area contributed by atoms with Gasteiger partial charge in [0.1, 0.15) is 5.82 Å². The van der Waals surface area contributed by atoms with E-state index in [2.05, 4.69) is 0 Å². The largest absolute Gasteiger partial charge is 0.416 e. The second-order valence-electron chi connectivity index (χ2n) is 7.92. The number of benzene rings is 2. The van der Waals surface area contributed by atoms with Gasteiger partial charge >= 0.3 is 6.18 Å². The maximum Gasteiger partial charge on any atom is 0.416 e. The third kappa shape index (κ3) is 5.64. The van der Waals surface area contributed by atoms with Gasteiger partial charge in [-0.1, -0.05) is 18.2 Å². The Balaban J connectivity index is 1.56. The summed E-state index contributed by atoms with van der Waals surface area (Å²) in [7, 11) is 1.60. The minimum atomic E-state index is -4.45. The van der Waals surface area contributed by atoms with Gasteiger partial charge in [0.05, 0.1) is 17.8 Å². The number of rotatable bonds is 6. The maximum atomic E-state index is 14.4. The summed E-state index contributed by atoms with van der Waals surface area (Å²) >= 11 is 0. The van der Waals surface area contributed by atoms with Gasteiger partial charge in [0, 0.05) is 38.3 Å². The molecule has 1 aliphatic rings. The van der Waals surface area contributed by atoms with Gasteiger partial charge in [0.25, 0.3) is 0 Å². The molecular formula is C23H25F4N3O2. The fourth-order valence-electron chi connectivity index (χ4n) is 3.79. The van der Waals surface area contributed by atoms with Gasteiger partial charge in [-0.2, -0.15) is 13.2 Å². The lowest BCUT2D eigenvalue weighted by atomic mass is 10.1. The molecule has 2 aromatic carbocycles. The summed E-state index contributed by atoms with van der Waals surface area (Å²) in [5, 5.41) is 0. The van der Waals surface area contributed by atoms with Crippen LogP contribution in [0.3, 0.4) is 0 Å². The number of hydrogen-bond acceptors (Lipinski definition) is 4. The molecule has 0 unspecified atom stereocenters. The molecule has 3 rings (SSSR count). The molecule has 0 aliphatic carbocycles. The molecule has 32 heavy (non-hydrogen) atoms. The number of ketones is 1. The molecule has 1 fully saturated rings. The van der Waals surface area contributed by atoms with Gasteiger partial charge in [-0.15, -0.1) is 0 Å². The third-order valence-corrected chi connectivity index (χ3v) is 5.50. The lowest BCUT2D eigenvalue weighted by Crippen LogP contribution is -2.51. The van der Waals surface area contributed by atoms with Crippen molar-refractivity contribution in [2.75, 3.05) is 44.7 Å². The summed E-state index contributed by atoms with van der Waals surface area (Å²) in [4.78, 5) is 29.0. The van der Waals surface area contributed by atoms with Crippen molar-refractivity contribution in [2.24, 2.45) is 0 Å². The number of anilines is 1. The zero-order valence-electron chi connectivity index (χ0n) is 18.0. The van der Waals surface area contributed by atoms with Crippen LogP contribution in [0.1, 0.15) is 28.4 Å². The highest BCUT2D eigenvalue weighted by Gasteiger charge is 2.33. The molecular weight excluding hydrogens is 426 g/mol. The monoisotopic (exact) mass is 451 g/mol. The first-order chi connectivity index (χ1) is 15.1. The molecule has 0 atom stereocenters. The number of amides is 1. The normalized spacial score (nSPS) is 14.7. The quantitative estimate of drug-likeness (QED) is 0.495. The smallest absolute Gasteiger partial charge is 0.366 e. The van der Waals surface area contributed by atoms with Crippen LogP contribution in [0.15, 0.2) is 42.5 Å². The van der Waals surface area contributed by atoms with Crippen LogP contribution in [0.4, 0.5) is 23.2 Å². The lowest BCUT2D eigenvalue weighted by Gasteiger charge is -2.37. The van der Waals surface area contributed by atoms with Crippen LogP contribution in [0.25, 0.3) is 0 Å². The number of carbonyl (C=O) groups excluding carboxylic acids is 2. The zero-order chi connectivity index (χ0) is 23.5.